The molecule has 0 aliphatic heterocycles. The van der Waals surface area contributed by atoms with E-state index in [1.807, 2.05) is 24.3 Å². The van der Waals surface area contributed by atoms with Crippen molar-refractivity contribution >= 4 is 5.78 Å². The first-order valence-electron chi connectivity index (χ1n) is 4.28. The molecule has 0 spiro atoms. The van der Waals surface area contributed by atoms with Gasteiger partial charge in [0.25, 0.3) is 0 Å². The molecule has 0 saturated carbocycles. The second kappa shape index (κ2) is 5.03. The van der Waals surface area contributed by atoms with E-state index < -0.39 is 0 Å². The number of hydrogen-bond donors (Lipinski definition) is 0. The summed E-state index contributed by atoms with van der Waals surface area (Å²) in [5.41, 5.74) is 0.879. The second-order valence-corrected chi connectivity index (χ2v) is 2.90. The lowest BCUT2D eigenvalue weighted by molar-refractivity contribution is -0.117. The summed E-state index contributed by atoms with van der Waals surface area (Å²) in [6.07, 6.45) is 0.266. The lowest BCUT2D eigenvalue weighted by atomic mass is 10.1. The van der Waals surface area contributed by atoms with Gasteiger partial charge in [0.05, 0.1) is 19.6 Å². The third-order valence-electron chi connectivity index (χ3n) is 1.81. The predicted octanol–water partition coefficient (Wildman–Crippen LogP) is 1.72. The van der Waals surface area contributed by atoms with Gasteiger partial charge in [-0.05, 0) is 17.7 Å². The van der Waals surface area contributed by atoms with Gasteiger partial charge >= 0.3 is 0 Å². The van der Waals surface area contributed by atoms with Crippen LogP contribution in [0.2, 0.25) is 0 Å². The molecule has 72 valence electrons. The number of benzene rings is 1. The molecule has 0 aliphatic carbocycles. The van der Waals surface area contributed by atoms with Crippen molar-refractivity contribution in [2.45, 2.75) is 12.8 Å². The molecule has 3 nitrogen and oxygen atoms in total. The van der Waals surface area contributed by atoms with E-state index in [1.54, 1.807) is 13.2 Å². The number of carbonyl (C=O) groups is 1. The Balaban J connectivity index is 2.68. The third-order valence-corrected chi connectivity index (χ3v) is 1.81. The van der Waals surface area contributed by atoms with Gasteiger partial charge in [0.1, 0.15) is 5.75 Å². The molecule has 0 radical (unpaired) electrons. The summed E-state index contributed by atoms with van der Waals surface area (Å²) < 4.78 is 5.02. The summed E-state index contributed by atoms with van der Waals surface area (Å²) in [6, 6.07) is 9.13. The van der Waals surface area contributed by atoms with Crippen LogP contribution in [0.4, 0.5) is 0 Å². The van der Waals surface area contributed by atoms with Crippen LogP contribution in [0.3, 0.4) is 0 Å². The standard InChI is InChI=1S/C11H11NO2/c1-14-11-4-2-3-9(8-11)7-10(13)5-6-12/h2-4,8H,5,7H2,1H3. The fourth-order valence-electron chi connectivity index (χ4n) is 1.16. The van der Waals surface area contributed by atoms with E-state index in [0.29, 0.717) is 6.42 Å². The Morgan fingerprint density at radius 1 is 1.57 bits per heavy atom. The first-order valence-corrected chi connectivity index (χ1v) is 4.28. The molecule has 0 unspecified atom stereocenters. The van der Waals surface area contributed by atoms with Crippen molar-refractivity contribution in [1.29, 1.82) is 5.26 Å². The Bertz CT molecular complexity index is 366. The maximum absolute atomic E-state index is 11.1. The molecule has 3 heteroatoms. The van der Waals surface area contributed by atoms with E-state index in [9.17, 15) is 4.79 Å². The van der Waals surface area contributed by atoms with Gasteiger partial charge < -0.3 is 4.74 Å². The number of ketones is 1. The van der Waals surface area contributed by atoms with Crippen LogP contribution < -0.4 is 4.74 Å². The first kappa shape index (κ1) is 10.3. The third kappa shape index (κ3) is 2.91. The molecule has 1 aromatic carbocycles. The Morgan fingerprint density at radius 2 is 2.36 bits per heavy atom. The number of ether oxygens (including phenoxy) is 1. The fraction of sp³-hybridized carbons (Fsp3) is 0.273. The molecule has 0 bridgehead atoms. The van der Waals surface area contributed by atoms with Crippen LogP contribution in [0.15, 0.2) is 24.3 Å². The predicted molar refractivity (Wildman–Crippen MR) is 51.9 cm³/mol. The minimum absolute atomic E-state index is 0.0305. The fourth-order valence-corrected chi connectivity index (χ4v) is 1.16. The van der Waals surface area contributed by atoms with Crippen molar-refractivity contribution in [3.63, 3.8) is 0 Å². The maximum Gasteiger partial charge on any atom is 0.151 e. The Labute approximate surface area is 82.9 Å². The van der Waals surface area contributed by atoms with Gasteiger partial charge in [-0.15, -0.1) is 0 Å². The van der Waals surface area contributed by atoms with Crippen LogP contribution in [0, 0.1) is 11.3 Å². The summed E-state index contributed by atoms with van der Waals surface area (Å²) in [4.78, 5) is 11.1. The van der Waals surface area contributed by atoms with Gasteiger partial charge in [-0.1, -0.05) is 12.1 Å². The highest BCUT2D eigenvalue weighted by Gasteiger charge is 2.03. The smallest absolute Gasteiger partial charge is 0.151 e. The number of nitrogens with zero attached hydrogens (tertiary/aromatic N) is 1. The number of methoxy groups -OCH3 is 1. The van der Waals surface area contributed by atoms with E-state index in [-0.39, 0.29) is 12.2 Å². The van der Waals surface area contributed by atoms with E-state index in [2.05, 4.69) is 0 Å². The lowest BCUT2D eigenvalue weighted by Crippen LogP contribution is -2.01. The zero-order chi connectivity index (χ0) is 10.4. The molecule has 14 heavy (non-hydrogen) atoms. The molecule has 0 N–H and O–H groups in total. The molecule has 0 saturated heterocycles. The maximum atomic E-state index is 11.1. The van der Waals surface area contributed by atoms with E-state index in [0.717, 1.165) is 11.3 Å². The highest BCUT2D eigenvalue weighted by Crippen LogP contribution is 2.13. The zero-order valence-electron chi connectivity index (χ0n) is 7.99. The lowest BCUT2D eigenvalue weighted by Gasteiger charge is -2.02. The molecule has 0 aromatic heterocycles. The van der Waals surface area contributed by atoms with Gasteiger partial charge in [0.2, 0.25) is 0 Å². The largest absolute Gasteiger partial charge is 0.497 e. The molecule has 0 heterocycles. The molecular weight excluding hydrogens is 178 g/mol. The molecule has 1 rings (SSSR count). The van der Waals surface area contributed by atoms with E-state index >= 15 is 0 Å². The van der Waals surface area contributed by atoms with Crippen LogP contribution >= 0.6 is 0 Å². The minimum atomic E-state index is -0.0687. The van der Waals surface area contributed by atoms with Crippen molar-refractivity contribution in [3.8, 4) is 11.8 Å². The van der Waals surface area contributed by atoms with Crippen molar-refractivity contribution in [3.05, 3.63) is 29.8 Å². The van der Waals surface area contributed by atoms with Gasteiger partial charge in [-0.2, -0.15) is 5.26 Å². The normalized spacial score (nSPS) is 9.14. The van der Waals surface area contributed by atoms with Crippen LogP contribution in [0.5, 0.6) is 5.75 Å². The van der Waals surface area contributed by atoms with E-state index in [4.69, 9.17) is 10.00 Å². The van der Waals surface area contributed by atoms with Crippen molar-refractivity contribution in [2.75, 3.05) is 7.11 Å². The number of Topliss-reactive ketones (excluding diaryl/α,β-unsaturated/α-hetero) is 1. The summed E-state index contributed by atoms with van der Waals surface area (Å²) in [6.45, 7) is 0. The van der Waals surface area contributed by atoms with E-state index in [1.165, 1.54) is 0 Å². The van der Waals surface area contributed by atoms with Crippen LogP contribution in [0.1, 0.15) is 12.0 Å². The highest BCUT2D eigenvalue weighted by atomic mass is 16.5. The monoisotopic (exact) mass is 189 g/mol. The number of hydrogen-bond acceptors (Lipinski definition) is 3. The topological polar surface area (TPSA) is 50.1 Å². The van der Waals surface area contributed by atoms with Crippen molar-refractivity contribution < 1.29 is 9.53 Å². The van der Waals surface area contributed by atoms with Crippen molar-refractivity contribution in [2.24, 2.45) is 0 Å². The SMILES string of the molecule is COc1cccc(CC(=O)CC#N)c1. The second-order valence-electron chi connectivity index (χ2n) is 2.90. The Morgan fingerprint density at radius 3 is 3.00 bits per heavy atom. The average Bonchev–Trinajstić information content (AvgIpc) is 2.18. The van der Waals surface area contributed by atoms with Crippen LogP contribution in [-0.4, -0.2) is 12.9 Å². The molecular formula is C11H11NO2. The Hall–Kier alpha value is -1.82. The van der Waals surface area contributed by atoms with Crippen LogP contribution in [-0.2, 0) is 11.2 Å². The first-order chi connectivity index (χ1) is 6.76. The molecule has 0 amide bonds. The number of nitriles is 1. The molecule has 0 fully saturated rings. The quantitative estimate of drug-likeness (QED) is 0.724. The highest BCUT2D eigenvalue weighted by molar-refractivity contribution is 5.82. The van der Waals surface area contributed by atoms with Crippen LogP contribution in [0.25, 0.3) is 0 Å². The summed E-state index contributed by atoms with van der Waals surface area (Å²) >= 11 is 0. The molecule has 1 aromatic rings. The summed E-state index contributed by atoms with van der Waals surface area (Å²) in [5.74, 6) is 0.660. The zero-order valence-corrected chi connectivity index (χ0v) is 7.99. The number of carbonyl (C=O) groups excluding carboxylic acids is 1. The summed E-state index contributed by atoms with van der Waals surface area (Å²) in [7, 11) is 1.58. The van der Waals surface area contributed by atoms with Gasteiger partial charge in [-0.25, -0.2) is 0 Å². The van der Waals surface area contributed by atoms with Gasteiger partial charge in [0, 0.05) is 6.42 Å². The van der Waals surface area contributed by atoms with Gasteiger partial charge in [-0.3, -0.25) is 4.79 Å². The molecule has 0 aliphatic rings. The van der Waals surface area contributed by atoms with Crippen molar-refractivity contribution in [1.82, 2.24) is 0 Å². The van der Waals surface area contributed by atoms with Gasteiger partial charge in [0.15, 0.2) is 5.78 Å². The number of rotatable bonds is 4. The summed E-state index contributed by atoms with van der Waals surface area (Å²) in [5, 5.41) is 8.32. The minimum Gasteiger partial charge on any atom is -0.497 e. The average molecular weight is 189 g/mol. The Kier molecular flexibility index (Phi) is 3.69. The molecule has 0 atom stereocenters.